The summed E-state index contributed by atoms with van der Waals surface area (Å²) in [5, 5.41) is 0. The van der Waals surface area contributed by atoms with Crippen molar-refractivity contribution < 1.29 is 4.39 Å². The van der Waals surface area contributed by atoms with E-state index in [0.717, 1.165) is 12.0 Å². The van der Waals surface area contributed by atoms with Gasteiger partial charge < -0.3 is 5.73 Å². The van der Waals surface area contributed by atoms with E-state index >= 15 is 0 Å². The second-order valence-electron chi connectivity index (χ2n) is 3.00. The molecule has 1 rings (SSSR count). The highest BCUT2D eigenvalue weighted by atomic mass is 19.1. The minimum absolute atomic E-state index is 0.173. The summed E-state index contributed by atoms with van der Waals surface area (Å²) in [6, 6.07) is 5.20. The van der Waals surface area contributed by atoms with E-state index in [9.17, 15) is 4.39 Å². The molecule has 0 saturated heterocycles. The number of hydrogen-bond donors (Lipinski definition) is 1. The Balaban J connectivity index is 2.77. The van der Waals surface area contributed by atoms with Gasteiger partial charge in [0.15, 0.2) is 0 Å². The first kappa shape index (κ1) is 9.93. The Morgan fingerprint density at radius 2 is 2.23 bits per heavy atom. The van der Waals surface area contributed by atoms with Crippen LogP contribution in [0.1, 0.15) is 17.5 Å². The lowest BCUT2D eigenvalue weighted by Gasteiger charge is -1.97. The summed E-state index contributed by atoms with van der Waals surface area (Å²) in [7, 11) is 0. The van der Waals surface area contributed by atoms with Crippen molar-refractivity contribution in [3.8, 4) is 0 Å². The molecule has 70 valence electrons. The highest BCUT2D eigenvalue weighted by Crippen LogP contribution is 2.11. The monoisotopic (exact) mass is 179 g/mol. The van der Waals surface area contributed by atoms with Crippen LogP contribution in [-0.2, 0) is 0 Å². The predicted molar refractivity (Wildman–Crippen MR) is 53.8 cm³/mol. The number of nitrogens with two attached hydrogens (primary N) is 1. The van der Waals surface area contributed by atoms with Gasteiger partial charge in [0.25, 0.3) is 0 Å². The van der Waals surface area contributed by atoms with E-state index in [-0.39, 0.29) is 5.82 Å². The van der Waals surface area contributed by atoms with Gasteiger partial charge in [-0.2, -0.15) is 0 Å². The van der Waals surface area contributed by atoms with Crippen molar-refractivity contribution in [2.24, 2.45) is 5.73 Å². The quantitative estimate of drug-likeness (QED) is 0.758. The Morgan fingerprint density at radius 3 is 2.85 bits per heavy atom. The van der Waals surface area contributed by atoms with Crippen LogP contribution in [0.25, 0.3) is 6.08 Å². The third-order valence-corrected chi connectivity index (χ3v) is 1.79. The fraction of sp³-hybridized carbons (Fsp3) is 0.273. The van der Waals surface area contributed by atoms with Gasteiger partial charge in [0.05, 0.1) is 0 Å². The average molecular weight is 179 g/mol. The molecule has 0 spiro atoms. The maximum absolute atomic E-state index is 13.2. The molecule has 0 heterocycles. The van der Waals surface area contributed by atoms with E-state index in [4.69, 9.17) is 5.73 Å². The number of aryl methyl sites for hydroxylation is 1. The van der Waals surface area contributed by atoms with Gasteiger partial charge in [-0.1, -0.05) is 24.3 Å². The molecule has 1 nitrogen and oxygen atoms in total. The van der Waals surface area contributed by atoms with Gasteiger partial charge in [0.2, 0.25) is 0 Å². The van der Waals surface area contributed by atoms with Crippen LogP contribution in [-0.4, -0.2) is 6.54 Å². The fourth-order valence-electron chi connectivity index (χ4n) is 1.07. The normalized spacial score (nSPS) is 11.0. The Bertz CT molecular complexity index is 305. The molecule has 0 aliphatic heterocycles. The van der Waals surface area contributed by atoms with Gasteiger partial charge in [-0.05, 0) is 31.5 Å². The lowest BCUT2D eigenvalue weighted by atomic mass is 10.1. The summed E-state index contributed by atoms with van der Waals surface area (Å²) in [5.74, 6) is -0.173. The maximum Gasteiger partial charge on any atom is 0.130 e. The summed E-state index contributed by atoms with van der Waals surface area (Å²) < 4.78 is 13.2. The number of halogens is 1. The van der Waals surface area contributed by atoms with Crippen molar-refractivity contribution in [3.05, 3.63) is 41.2 Å². The molecule has 0 amide bonds. The molecule has 2 heteroatoms. The van der Waals surface area contributed by atoms with Crippen LogP contribution in [0, 0.1) is 12.7 Å². The molecule has 0 radical (unpaired) electrons. The molecule has 1 aromatic rings. The molecule has 1 aromatic carbocycles. The summed E-state index contributed by atoms with van der Waals surface area (Å²) in [6.07, 6.45) is 4.43. The molecule has 13 heavy (non-hydrogen) atoms. The molecular formula is C11H14FN. The molecule has 0 aliphatic carbocycles. The van der Waals surface area contributed by atoms with E-state index in [1.165, 1.54) is 6.07 Å². The van der Waals surface area contributed by atoms with Crippen molar-refractivity contribution in [2.45, 2.75) is 13.3 Å². The summed E-state index contributed by atoms with van der Waals surface area (Å²) in [6.45, 7) is 2.47. The van der Waals surface area contributed by atoms with Crippen molar-refractivity contribution in [1.82, 2.24) is 0 Å². The maximum atomic E-state index is 13.2. The van der Waals surface area contributed by atoms with Crippen LogP contribution in [0.3, 0.4) is 0 Å². The minimum atomic E-state index is -0.173. The Morgan fingerprint density at radius 1 is 1.46 bits per heavy atom. The van der Waals surface area contributed by atoms with Gasteiger partial charge in [0, 0.05) is 5.56 Å². The molecule has 2 N–H and O–H groups in total. The molecule has 0 aliphatic rings. The van der Waals surface area contributed by atoms with Crippen LogP contribution < -0.4 is 5.73 Å². The topological polar surface area (TPSA) is 26.0 Å². The molecule has 0 aromatic heterocycles. The standard InChI is InChI=1S/C11H14FN/c1-9-5-6-10(11(12)8-9)4-2-3-7-13/h2,4-6,8H,3,7,13H2,1H3. The minimum Gasteiger partial charge on any atom is -0.330 e. The first-order chi connectivity index (χ1) is 6.24. The third kappa shape index (κ3) is 2.99. The lowest BCUT2D eigenvalue weighted by molar-refractivity contribution is 0.624. The second kappa shape index (κ2) is 4.77. The van der Waals surface area contributed by atoms with Crippen LogP contribution in [0.4, 0.5) is 4.39 Å². The van der Waals surface area contributed by atoms with Crippen LogP contribution >= 0.6 is 0 Å². The molecule has 0 unspecified atom stereocenters. The van der Waals surface area contributed by atoms with Gasteiger partial charge in [-0.3, -0.25) is 0 Å². The van der Waals surface area contributed by atoms with E-state index in [1.807, 2.05) is 19.1 Å². The van der Waals surface area contributed by atoms with Gasteiger partial charge in [0.1, 0.15) is 5.82 Å². The van der Waals surface area contributed by atoms with Gasteiger partial charge >= 0.3 is 0 Å². The number of hydrogen-bond acceptors (Lipinski definition) is 1. The number of benzene rings is 1. The van der Waals surface area contributed by atoms with Crippen molar-refractivity contribution in [3.63, 3.8) is 0 Å². The average Bonchev–Trinajstić information content (AvgIpc) is 2.09. The Labute approximate surface area is 78.1 Å². The summed E-state index contributed by atoms with van der Waals surface area (Å²) in [5.41, 5.74) is 6.87. The van der Waals surface area contributed by atoms with E-state index in [2.05, 4.69) is 0 Å². The molecule has 0 bridgehead atoms. The van der Waals surface area contributed by atoms with Crippen molar-refractivity contribution >= 4 is 6.08 Å². The van der Waals surface area contributed by atoms with Crippen molar-refractivity contribution in [2.75, 3.05) is 6.54 Å². The summed E-state index contributed by atoms with van der Waals surface area (Å²) >= 11 is 0. The van der Waals surface area contributed by atoms with Gasteiger partial charge in [-0.25, -0.2) is 4.39 Å². The highest BCUT2D eigenvalue weighted by molar-refractivity contribution is 5.50. The zero-order valence-corrected chi connectivity index (χ0v) is 7.76. The predicted octanol–water partition coefficient (Wildman–Crippen LogP) is 2.50. The van der Waals surface area contributed by atoms with Crippen molar-refractivity contribution in [1.29, 1.82) is 0 Å². The first-order valence-corrected chi connectivity index (χ1v) is 4.37. The van der Waals surface area contributed by atoms with Crippen LogP contribution in [0.5, 0.6) is 0 Å². The van der Waals surface area contributed by atoms with E-state index in [0.29, 0.717) is 12.1 Å². The second-order valence-corrected chi connectivity index (χ2v) is 3.00. The Kier molecular flexibility index (Phi) is 3.65. The van der Waals surface area contributed by atoms with Gasteiger partial charge in [-0.15, -0.1) is 0 Å². The molecule has 0 atom stereocenters. The molecule has 0 saturated carbocycles. The Hall–Kier alpha value is -1.15. The smallest absolute Gasteiger partial charge is 0.130 e. The first-order valence-electron chi connectivity index (χ1n) is 4.37. The summed E-state index contributed by atoms with van der Waals surface area (Å²) in [4.78, 5) is 0. The fourth-order valence-corrected chi connectivity index (χ4v) is 1.07. The largest absolute Gasteiger partial charge is 0.330 e. The SMILES string of the molecule is Cc1ccc(C=CCCN)c(F)c1. The molecular weight excluding hydrogens is 165 g/mol. The highest BCUT2D eigenvalue weighted by Gasteiger charge is 1.96. The van der Waals surface area contributed by atoms with Crippen LogP contribution in [0.15, 0.2) is 24.3 Å². The zero-order valence-electron chi connectivity index (χ0n) is 7.76. The van der Waals surface area contributed by atoms with E-state index < -0.39 is 0 Å². The number of rotatable bonds is 3. The van der Waals surface area contributed by atoms with E-state index in [1.54, 1.807) is 12.1 Å². The lowest BCUT2D eigenvalue weighted by Crippen LogP contribution is -1.95. The molecule has 0 fully saturated rings. The van der Waals surface area contributed by atoms with Crippen LogP contribution in [0.2, 0.25) is 0 Å². The zero-order chi connectivity index (χ0) is 9.68. The third-order valence-electron chi connectivity index (χ3n) is 1.79.